The fourth-order valence-electron chi connectivity index (χ4n) is 7.20. The van der Waals surface area contributed by atoms with E-state index in [4.69, 9.17) is 25.4 Å². The van der Waals surface area contributed by atoms with Crippen molar-refractivity contribution in [2.45, 2.75) is 191 Å². The molecule has 5 atom stereocenters. The van der Waals surface area contributed by atoms with Crippen LogP contribution in [0.25, 0.3) is 0 Å². The Morgan fingerprint density at radius 1 is 0.529 bits per heavy atom. The summed E-state index contributed by atoms with van der Waals surface area (Å²) in [6.07, 6.45) is 17.5. The van der Waals surface area contributed by atoms with Crippen LogP contribution in [0, 0.1) is 0 Å². The Labute approximate surface area is 403 Å². The lowest BCUT2D eigenvalue weighted by Crippen LogP contribution is -2.49. The molecule has 0 aliphatic heterocycles. The van der Waals surface area contributed by atoms with Gasteiger partial charge in [-0.2, -0.15) is 0 Å². The van der Waals surface area contributed by atoms with Gasteiger partial charge in [0, 0.05) is 38.9 Å². The molecule has 4 amide bonds. The second kappa shape index (κ2) is 42.8. The SMILES string of the molecule is CN[C@@H](CCCCNC(=O)[C@@H](N)CCCCNC(=O)COCCOCCNC(=O)CC[C@H](NC(=O)CCCCCCCCCCCCCCCCC(=O)O)C(=O)O)C(=O)CN[C@H](C(=O)O)[C@@H](C)O. The number of likely N-dealkylation sites (N-methyl/N-ethyl adjacent to an activating group) is 1. The molecule has 0 fully saturated rings. The molecule has 0 aromatic carbocycles. The number of hydrogen-bond donors (Lipinski definition) is 11. The fourth-order valence-corrected chi connectivity index (χ4v) is 7.20. The van der Waals surface area contributed by atoms with Crippen molar-refractivity contribution in [2.75, 3.05) is 59.7 Å². The van der Waals surface area contributed by atoms with Gasteiger partial charge in [-0.3, -0.25) is 38.9 Å². The van der Waals surface area contributed by atoms with Crippen molar-refractivity contribution in [1.82, 2.24) is 31.9 Å². The number of nitrogens with two attached hydrogens (primary N) is 1. The van der Waals surface area contributed by atoms with Gasteiger partial charge in [0.05, 0.1) is 44.6 Å². The zero-order valence-corrected chi connectivity index (χ0v) is 41.0. The van der Waals surface area contributed by atoms with Crippen LogP contribution in [0.1, 0.15) is 161 Å². The van der Waals surface area contributed by atoms with Gasteiger partial charge in [-0.05, 0) is 71.8 Å². The third-order valence-corrected chi connectivity index (χ3v) is 11.3. The molecule has 0 radical (unpaired) electrons. The summed E-state index contributed by atoms with van der Waals surface area (Å²) >= 11 is 0. The molecule has 0 bridgehead atoms. The molecule has 12 N–H and O–H groups in total. The van der Waals surface area contributed by atoms with Crippen molar-refractivity contribution >= 4 is 47.3 Å². The van der Waals surface area contributed by atoms with E-state index in [-0.39, 0.29) is 94.6 Å². The van der Waals surface area contributed by atoms with Crippen molar-refractivity contribution in [2.24, 2.45) is 5.73 Å². The van der Waals surface area contributed by atoms with Crippen LogP contribution in [0.15, 0.2) is 0 Å². The predicted octanol–water partition coefficient (Wildman–Crippen LogP) is 2.29. The molecule has 0 aliphatic rings. The summed E-state index contributed by atoms with van der Waals surface area (Å²) in [5.41, 5.74) is 6.01. The van der Waals surface area contributed by atoms with E-state index in [1.807, 2.05) is 0 Å². The lowest BCUT2D eigenvalue weighted by Gasteiger charge is -2.19. The van der Waals surface area contributed by atoms with Gasteiger partial charge >= 0.3 is 17.9 Å². The van der Waals surface area contributed by atoms with Crippen LogP contribution in [0.3, 0.4) is 0 Å². The Bertz CT molecular complexity index is 1420. The maximum Gasteiger partial charge on any atom is 0.326 e. The van der Waals surface area contributed by atoms with Crippen LogP contribution < -0.4 is 37.6 Å². The standard InChI is InChI=1S/C47H87N7O14/c1-35(55)44(47(65)66)53-33-39(56)37(49-2)22-18-20-28-52-45(62)36(48)21-17-19-27-50-42(59)34-68-32-31-67-30-29-51-40(57)26-25-38(46(63)64)54-41(58)23-15-13-11-9-7-5-3-4-6-8-10-12-14-16-24-43(60)61/h35-38,44,49,53,55H,3-34,48H2,1-2H3,(H,50,59)(H,51,57)(H,52,62)(H,54,58)(H,60,61)(H,63,64)(H,65,66)/t35-,36+,37+,38+,44+/m1/s1. The molecule has 0 saturated heterocycles. The van der Waals surface area contributed by atoms with Crippen LogP contribution >= 0.6 is 0 Å². The number of aliphatic hydroxyl groups excluding tert-OH is 1. The summed E-state index contributed by atoms with van der Waals surface area (Å²) in [4.78, 5) is 94.9. The van der Waals surface area contributed by atoms with Gasteiger partial charge in [0.15, 0.2) is 5.78 Å². The summed E-state index contributed by atoms with van der Waals surface area (Å²) in [6, 6.07) is -3.61. The highest BCUT2D eigenvalue weighted by atomic mass is 16.5. The van der Waals surface area contributed by atoms with Gasteiger partial charge in [-0.15, -0.1) is 0 Å². The van der Waals surface area contributed by atoms with Gasteiger partial charge in [0.25, 0.3) is 0 Å². The second-order valence-corrected chi connectivity index (χ2v) is 17.3. The molecule has 0 aliphatic carbocycles. The first-order chi connectivity index (χ1) is 32.6. The molecular formula is C47H87N7O14. The molecular weight excluding hydrogens is 887 g/mol. The van der Waals surface area contributed by atoms with Gasteiger partial charge in [-0.1, -0.05) is 77.0 Å². The Morgan fingerprint density at radius 3 is 1.60 bits per heavy atom. The fraction of sp³-hybridized carbons (Fsp3) is 0.830. The van der Waals surface area contributed by atoms with Crippen LogP contribution in [0.2, 0.25) is 0 Å². The van der Waals surface area contributed by atoms with Gasteiger partial charge in [0.1, 0.15) is 18.7 Å². The highest BCUT2D eigenvalue weighted by molar-refractivity contribution is 5.87. The molecule has 21 nitrogen and oxygen atoms in total. The first kappa shape index (κ1) is 63.7. The van der Waals surface area contributed by atoms with E-state index in [2.05, 4.69) is 31.9 Å². The number of ketones is 1. The largest absolute Gasteiger partial charge is 0.481 e. The lowest BCUT2D eigenvalue weighted by atomic mass is 10.0. The minimum Gasteiger partial charge on any atom is -0.481 e. The number of unbranched alkanes of at least 4 members (excludes halogenated alkanes) is 15. The molecule has 0 saturated carbocycles. The quantitative estimate of drug-likeness (QED) is 0.0390. The number of Topliss-reactive ketones (excluding diaryl/α,β-unsaturated/α-hetero) is 1. The molecule has 0 heterocycles. The number of hydrogen-bond acceptors (Lipinski definition) is 14. The molecule has 68 heavy (non-hydrogen) atoms. The number of nitrogens with one attached hydrogen (secondary N) is 6. The summed E-state index contributed by atoms with van der Waals surface area (Å²) in [5, 5.41) is 53.1. The summed E-state index contributed by atoms with van der Waals surface area (Å²) in [7, 11) is 1.63. The maximum absolute atomic E-state index is 12.5. The van der Waals surface area contributed by atoms with E-state index in [1.54, 1.807) is 7.05 Å². The molecule has 0 unspecified atom stereocenters. The average molecular weight is 974 g/mol. The normalized spacial score (nSPS) is 13.4. The van der Waals surface area contributed by atoms with Crippen LogP contribution in [-0.2, 0) is 47.8 Å². The molecule has 0 spiro atoms. The second-order valence-electron chi connectivity index (χ2n) is 17.3. The Hall–Kier alpha value is -4.28. The van der Waals surface area contributed by atoms with Crippen molar-refractivity contribution in [1.29, 1.82) is 0 Å². The topological polar surface area (TPSA) is 334 Å². The third kappa shape index (κ3) is 37.7. The van der Waals surface area contributed by atoms with E-state index >= 15 is 0 Å². The van der Waals surface area contributed by atoms with E-state index in [0.717, 1.165) is 44.9 Å². The monoisotopic (exact) mass is 974 g/mol. The van der Waals surface area contributed by atoms with E-state index < -0.39 is 48.2 Å². The van der Waals surface area contributed by atoms with Gasteiger partial charge in [0.2, 0.25) is 23.6 Å². The zero-order valence-electron chi connectivity index (χ0n) is 41.0. The summed E-state index contributed by atoms with van der Waals surface area (Å²) in [6.45, 7) is 2.44. The Kier molecular flexibility index (Phi) is 40.1. The van der Waals surface area contributed by atoms with Crippen molar-refractivity contribution in [3.05, 3.63) is 0 Å². The molecule has 0 aromatic heterocycles. The number of amides is 4. The van der Waals surface area contributed by atoms with Crippen molar-refractivity contribution in [3.63, 3.8) is 0 Å². The van der Waals surface area contributed by atoms with Gasteiger partial charge < -0.3 is 62.2 Å². The Balaban J connectivity index is 3.83. The minimum atomic E-state index is -1.25. The first-order valence-electron chi connectivity index (χ1n) is 24.9. The van der Waals surface area contributed by atoms with Gasteiger partial charge in [-0.25, -0.2) is 4.79 Å². The average Bonchev–Trinajstić information content (AvgIpc) is 3.28. The van der Waals surface area contributed by atoms with E-state index in [1.165, 1.54) is 45.4 Å². The number of ether oxygens (including phenoxy) is 2. The number of carboxylic acid groups (broad SMARTS) is 3. The first-order valence-corrected chi connectivity index (χ1v) is 24.9. The number of rotatable bonds is 48. The van der Waals surface area contributed by atoms with Crippen molar-refractivity contribution < 1.29 is 68.3 Å². The number of carboxylic acids is 3. The van der Waals surface area contributed by atoms with Crippen LogP contribution in [0.5, 0.6) is 0 Å². The van der Waals surface area contributed by atoms with Crippen LogP contribution in [-0.4, -0.2) is 158 Å². The predicted molar refractivity (Wildman–Crippen MR) is 256 cm³/mol. The molecule has 0 rings (SSSR count). The van der Waals surface area contributed by atoms with Crippen molar-refractivity contribution in [3.8, 4) is 0 Å². The number of carbonyl (C=O) groups excluding carboxylic acids is 5. The highest BCUT2D eigenvalue weighted by Crippen LogP contribution is 2.14. The highest BCUT2D eigenvalue weighted by Gasteiger charge is 2.25. The lowest BCUT2D eigenvalue weighted by molar-refractivity contribution is -0.143. The molecule has 394 valence electrons. The Morgan fingerprint density at radius 2 is 1.06 bits per heavy atom. The number of aliphatic hydroxyl groups is 1. The van der Waals surface area contributed by atoms with E-state index in [0.29, 0.717) is 58.0 Å². The maximum atomic E-state index is 12.5. The third-order valence-electron chi connectivity index (χ3n) is 11.3. The smallest absolute Gasteiger partial charge is 0.326 e. The number of aliphatic carboxylic acids is 3. The zero-order chi connectivity index (χ0) is 50.8. The summed E-state index contributed by atoms with van der Waals surface area (Å²) in [5.74, 6) is -4.69. The number of carbonyl (C=O) groups is 8. The molecule has 0 aromatic rings. The summed E-state index contributed by atoms with van der Waals surface area (Å²) < 4.78 is 10.7. The minimum absolute atomic E-state index is 0.0391. The van der Waals surface area contributed by atoms with E-state index in [9.17, 15) is 48.6 Å². The van der Waals surface area contributed by atoms with Crippen LogP contribution in [0.4, 0.5) is 0 Å². The molecule has 21 heteroatoms.